The first-order valence-electron chi connectivity index (χ1n) is 9.47. The Morgan fingerprint density at radius 1 is 1.00 bits per heavy atom. The average molecular weight is 425 g/mol. The fourth-order valence-electron chi connectivity index (χ4n) is 3.02. The van der Waals surface area contributed by atoms with Crippen molar-refractivity contribution in [3.63, 3.8) is 0 Å². The molecule has 2 amide bonds. The number of hydrogen-bond acceptors (Lipinski definition) is 5. The highest BCUT2D eigenvalue weighted by Crippen LogP contribution is 2.23. The average Bonchev–Trinajstić information content (AvgIpc) is 3.32. The van der Waals surface area contributed by atoms with Crippen molar-refractivity contribution in [1.29, 1.82) is 0 Å². The minimum absolute atomic E-state index is 0.249. The molecular formula is C23H24N2O4S. The van der Waals surface area contributed by atoms with Crippen molar-refractivity contribution in [3.8, 4) is 11.5 Å². The summed E-state index contributed by atoms with van der Waals surface area (Å²) in [4.78, 5) is 26.1. The van der Waals surface area contributed by atoms with Crippen molar-refractivity contribution in [3.05, 3.63) is 82.0 Å². The Hall–Kier alpha value is -3.32. The van der Waals surface area contributed by atoms with Crippen LogP contribution in [0.15, 0.2) is 66.0 Å². The summed E-state index contributed by atoms with van der Waals surface area (Å²) in [6.07, 6.45) is 0.388. The minimum Gasteiger partial charge on any atom is -0.497 e. The van der Waals surface area contributed by atoms with E-state index in [0.717, 1.165) is 11.1 Å². The van der Waals surface area contributed by atoms with E-state index in [4.69, 9.17) is 9.47 Å². The van der Waals surface area contributed by atoms with Crippen LogP contribution >= 0.6 is 11.3 Å². The molecule has 7 heteroatoms. The SMILES string of the molecule is COc1ccc(OC)c(CNC(=O)C(Cc2ccccc2)NC(=O)c2cccs2)c1. The van der Waals surface area contributed by atoms with E-state index < -0.39 is 6.04 Å². The van der Waals surface area contributed by atoms with Gasteiger partial charge < -0.3 is 20.1 Å². The molecule has 3 rings (SSSR count). The Morgan fingerprint density at radius 2 is 1.80 bits per heavy atom. The predicted octanol–water partition coefficient (Wildman–Crippen LogP) is 3.42. The van der Waals surface area contributed by atoms with Crippen molar-refractivity contribution in [2.45, 2.75) is 19.0 Å². The van der Waals surface area contributed by atoms with Gasteiger partial charge in [0.15, 0.2) is 0 Å². The van der Waals surface area contributed by atoms with Crippen LogP contribution < -0.4 is 20.1 Å². The van der Waals surface area contributed by atoms with Gasteiger partial charge in [0.2, 0.25) is 5.91 Å². The molecule has 3 aromatic rings. The molecule has 0 aliphatic carbocycles. The van der Waals surface area contributed by atoms with Gasteiger partial charge >= 0.3 is 0 Å². The highest BCUT2D eigenvalue weighted by molar-refractivity contribution is 7.12. The number of rotatable bonds is 9. The molecule has 1 heterocycles. The Bertz CT molecular complexity index is 974. The highest BCUT2D eigenvalue weighted by atomic mass is 32.1. The molecule has 0 spiro atoms. The molecule has 0 aliphatic heterocycles. The van der Waals surface area contributed by atoms with E-state index in [1.165, 1.54) is 11.3 Å². The predicted molar refractivity (Wildman–Crippen MR) is 117 cm³/mol. The molecule has 156 valence electrons. The lowest BCUT2D eigenvalue weighted by Crippen LogP contribution is -2.47. The molecule has 30 heavy (non-hydrogen) atoms. The van der Waals surface area contributed by atoms with Crippen molar-refractivity contribution >= 4 is 23.2 Å². The zero-order valence-electron chi connectivity index (χ0n) is 16.9. The first-order chi connectivity index (χ1) is 14.6. The Labute approximate surface area is 179 Å². The molecule has 0 aliphatic rings. The molecular weight excluding hydrogens is 400 g/mol. The summed E-state index contributed by atoms with van der Waals surface area (Å²) in [5, 5.41) is 7.60. The molecule has 0 saturated carbocycles. The van der Waals surface area contributed by atoms with Gasteiger partial charge in [0.25, 0.3) is 5.91 Å². The smallest absolute Gasteiger partial charge is 0.262 e. The lowest BCUT2D eigenvalue weighted by molar-refractivity contribution is -0.123. The number of carbonyl (C=O) groups excluding carboxylic acids is 2. The van der Waals surface area contributed by atoms with E-state index in [9.17, 15) is 9.59 Å². The number of thiophene rings is 1. The lowest BCUT2D eigenvalue weighted by atomic mass is 10.0. The number of benzene rings is 2. The van der Waals surface area contributed by atoms with Crippen molar-refractivity contribution in [1.82, 2.24) is 10.6 Å². The number of methoxy groups -OCH3 is 2. The number of nitrogens with one attached hydrogen (secondary N) is 2. The van der Waals surface area contributed by atoms with Gasteiger partial charge in [-0.1, -0.05) is 36.4 Å². The normalized spacial score (nSPS) is 11.4. The van der Waals surface area contributed by atoms with E-state index >= 15 is 0 Å². The first-order valence-corrected chi connectivity index (χ1v) is 10.4. The zero-order chi connectivity index (χ0) is 21.3. The van der Waals surface area contributed by atoms with Crippen LogP contribution in [-0.4, -0.2) is 32.1 Å². The highest BCUT2D eigenvalue weighted by Gasteiger charge is 2.22. The second-order valence-corrected chi connectivity index (χ2v) is 7.54. The van der Waals surface area contributed by atoms with Gasteiger partial charge in [0.1, 0.15) is 17.5 Å². The van der Waals surface area contributed by atoms with Crippen molar-refractivity contribution in [2.24, 2.45) is 0 Å². The van der Waals surface area contributed by atoms with Crippen LogP contribution in [0.2, 0.25) is 0 Å². The van der Waals surface area contributed by atoms with Crippen LogP contribution in [0.25, 0.3) is 0 Å². The lowest BCUT2D eigenvalue weighted by Gasteiger charge is -2.19. The van der Waals surface area contributed by atoms with Crippen molar-refractivity contribution < 1.29 is 19.1 Å². The summed E-state index contributed by atoms with van der Waals surface area (Å²) in [5.74, 6) is 0.791. The third kappa shape index (κ3) is 5.61. The molecule has 1 atom stereocenters. The molecule has 0 radical (unpaired) electrons. The van der Waals surface area contributed by atoms with E-state index in [0.29, 0.717) is 22.8 Å². The van der Waals surface area contributed by atoms with Gasteiger partial charge in [-0.05, 0) is 35.2 Å². The summed E-state index contributed by atoms with van der Waals surface area (Å²) < 4.78 is 10.6. The third-order valence-electron chi connectivity index (χ3n) is 4.59. The van der Waals surface area contributed by atoms with Crippen LogP contribution in [0.5, 0.6) is 11.5 Å². The Kier molecular flexibility index (Phi) is 7.45. The van der Waals surface area contributed by atoms with Gasteiger partial charge in [-0.3, -0.25) is 9.59 Å². The summed E-state index contributed by atoms with van der Waals surface area (Å²) >= 11 is 1.34. The maximum absolute atomic E-state index is 13.0. The zero-order valence-corrected chi connectivity index (χ0v) is 17.7. The van der Waals surface area contributed by atoms with E-state index in [1.807, 2.05) is 41.8 Å². The molecule has 6 nitrogen and oxygen atoms in total. The summed E-state index contributed by atoms with van der Waals surface area (Å²) in [6, 6.07) is 17.8. The van der Waals surface area contributed by atoms with Crippen molar-refractivity contribution in [2.75, 3.05) is 14.2 Å². The summed E-state index contributed by atoms with van der Waals surface area (Å²) in [5.41, 5.74) is 1.75. The van der Waals surface area contributed by atoms with Crippen LogP contribution in [0.1, 0.15) is 20.8 Å². The minimum atomic E-state index is -0.710. The van der Waals surface area contributed by atoms with E-state index in [-0.39, 0.29) is 18.4 Å². The van der Waals surface area contributed by atoms with Gasteiger partial charge in [0.05, 0.1) is 19.1 Å². The third-order valence-corrected chi connectivity index (χ3v) is 5.46. The molecule has 0 fully saturated rings. The fourth-order valence-corrected chi connectivity index (χ4v) is 3.65. The first kappa shape index (κ1) is 21.4. The maximum Gasteiger partial charge on any atom is 0.262 e. The standard InChI is InChI=1S/C23H24N2O4S/c1-28-18-10-11-20(29-2)17(14-18)15-24-22(26)19(13-16-7-4-3-5-8-16)25-23(27)21-9-6-12-30-21/h3-12,14,19H,13,15H2,1-2H3,(H,24,26)(H,25,27). The molecule has 1 unspecified atom stereocenters. The molecule has 1 aromatic heterocycles. The van der Waals surface area contributed by atoms with Gasteiger partial charge in [-0.25, -0.2) is 0 Å². The second kappa shape index (κ2) is 10.5. The number of hydrogen-bond donors (Lipinski definition) is 2. The molecule has 0 saturated heterocycles. The van der Waals surface area contributed by atoms with E-state index in [1.54, 1.807) is 38.5 Å². The van der Waals surface area contributed by atoms with Crippen LogP contribution in [0.4, 0.5) is 0 Å². The Balaban J connectivity index is 1.73. The van der Waals surface area contributed by atoms with Gasteiger partial charge in [-0.15, -0.1) is 11.3 Å². The molecule has 2 N–H and O–H groups in total. The van der Waals surface area contributed by atoms with Crippen LogP contribution in [0, 0.1) is 0 Å². The van der Waals surface area contributed by atoms with Gasteiger partial charge in [-0.2, -0.15) is 0 Å². The topological polar surface area (TPSA) is 76.7 Å². The summed E-state index contributed by atoms with van der Waals surface area (Å²) in [7, 11) is 3.16. The molecule has 0 bridgehead atoms. The Morgan fingerprint density at radius 3 is 2.47 bits per heavy atom. The molecule has 2 aromatic carbocycles. The number of carbonyl (C=O) groups is 2. The van der Waals surface area contributed by atoms with Crippen LogP contribution in [0.3, 0.4) is 0 Å². The monoisotopic (exact) mass is 424 g/mol. The fraction of sp³-hybridized carbons (Fsp3) is 0.217. The van der Waals surface area contributed by atoms with Crippen LogP contribution in [-0.2, 0) is 17.8 Å². The second-order valence-electron chi connectivity index (χ2n) is 6.59. The van der Waals surface area contributed by atoms with E-state index in [2.05, 4.69) is 10.6 Å². The number of ether oxygens (including phenoxy) is 2. The number of amides is 2. The maximum atomic E-state index is 13.0. The van der Waals surface area contributed by atoms with Gasteiger partial charge in [0, 0.05) is 18.5 Å². The largest absolute Gasteiger partial charge is 0.497 e. The summed E-state index contributed by atoms with van der Waals surface area (Å²) in [6.45, 7) is 0.249. The quantitative estimate of drug-likeness (QED) is 0.552.